The SMILES string of the molecule is CCNC(=NCC1CN2CCN1CC2)NCCc1ccc2c(c1)OCO2.I. The standard InChI is InChI=1S/C19H29N5O2.HI/c1-2-20-19(22-12-16-13-23-7-9-24(16)10-8-23)21-6-5-15-3-4-17-18(11-15)26-14-25-17;/h3-4,11,16H,2,5-10,12-14H2,1H3,(H2,20,21,22);1H. The molecule has 1 atom stereocenters. The van der Waals surface area contributed by atoms with Gasteiger partial charge < -0.3 is 20.1 Å². The van der Waals surface area contributed by atoms with Crippen molar-refractivity contribution in [3.8, 4) is 11.5 Å². The van der Waals surface area contributed by atoms with Gasteiger partial charge in [0, 0.05) is 51.9 Å². The summed E-state index contributed by atoms with van der Waals surface area (Å²) in [4.78, 5) is 9.97. The van der Waals surface area contributed by atoms with Gasteiger partial charge in [0.1, 0.15) is 0 Å². The summed E-state index contributed by atoms with van der Waals surface area (Å²) in [6, 6.07) is 6.70. The number of fused-ring (bicyclic) bond motifs is 4. The third-order valence-electron chi connectivity index (χ3n) is 5.34. The quantitative estimate of drug-likeness (QED) is 0.357. The number of nitrogens with zero attached hydrogens (tertiary/aromatic N) is 3. The third kappa shape index (κ3) is 5.17. The Hall–Kier alpha value is -1.26. The van der Waals surface area contributed by atoms with Crippen LogP contribution in [0.25, 0.3) is 0 Å². The van der Waals surface area contributed by atoms with Gasteiger partial charge in [0.2, 0.25) is 6.79 Å². The Kier molecular flexibility index (Phi) is 7.42. The summed E-state index contributed by atoms with van der Waals surface area (Å²) in [6.45, 7) is 11.0. The van der Waals surface area contributed by atoms with E-state index in [0.29, 0.717) is 12.8 Å². The zero-order valence-corrected chi connectivity index (χ0v) is 18.3. The van der Waals surface area contributed by atoms with E-state index >= 15 is 0 Å². The number of rotatable bonds is 6. The largest absolute Gasteiger partial charge is 0.454 e. The van der Waals surface area contributed by atoms with Crippen molar-refractivity contribution in [1.29, 1.82) is 0 Å². The molecule has 2 bridgehead atoms. The van der Waals surface area contributed by atoms with Crippen molar-refractivity contribution in [2.45, 2.75) is 19.4 Å². The molecule has 27 heavy (non-hydrogen) atoms. The number of ether oxygens (including phenoxy) is 2. The van der Waals surface area contributed by atoms with Gasteiger partial charge in [0.15, 0.2) is 17.5 Å². The van der Waals surface area contributed by atoms with Crippen LogP contribution in [0.3, 0.4) is 0 Å². The van der Waals surface area contributed by atoms with Crippen LogP contribution in [0.15, 0.2) is 23.2 Å². The summed E-state index contributed by atoms with van der Waals surface area (Å²) in [5, 5.41) is 6.81. The Bertz CT molecular complexity index is 649. The first-order valence-corrected chi connectivity index (χ1v) is 9.69. The summed E-state index contributed by atoms with van der Waals surface area (Å²) >= 11 is 0. The Morgan fingerprint density at radius 2 is 1.96 bits per heavy atom. The van der Waals surface area contributed by atoms with Crippen LogP contribution in [0.1, 0.15) is 12.5 Å². The first-order chi connectivity index (χ1) is 12.8. The molecule has 0 aromatic heterocycles. The van der Waals surface area contributed by atoms with Crippen LogP contribution in [0.2, 0.25) is 0 Å². The summed E-state index contributed by atoms with van der Waals surface area (Å²) in [5.41, 5.74) is 1.24. The maximum Gasteiger partial charge on any atom is 0.231 e. The zero-order chi connectivity index (χ0) is 17.8. The average Bonchev–Trinajstić information content (AvgIpc) is 3.15. The maximum atomic E-state index is 5.45. The van der Waals surface area contributed by atoms with Gasteiger partial charge in [-0.2, -0.15) is 0 Å². The fourth-order valence-electron chi connectivity index (χ4n) is 3.86. The number of hydrogen-bond acceptors (Lipinski definition) is 5. The molecular formula is C19H30IN5O2. The van der Waals surface area contributed by atoms with Crippen LogP contribution in [0.5, 0.6) is 11.5 Å². The van der Waals surface area contributed by atoms with Crippen LogP contribution in [0.4, 0.5) is 0 Å². The van der Waals surface area contributed by atoms with Gasteiger partial charge in [0.05, 0.1) is 6.54 Å². The molecule has 7 nitrogen and oxygen atoms in total. The predicted molar refractivity (Wildman–Crippen MR) is 117 cm³/mol. The number of guanidine groups is 1. The second-order valence-corrected chi connectivity index (χ2v) is 7.07. The molecule has 2 N–H and O–H groups in total. The van der Waals surface area contributed by atoms with Crippen molar-refractivity contribution >= 4 is 29.9 Å². The fraction of sp³-hybridized carbons (Fsp3) is 0.632. The first kappa shape index (κ1) is 20.5. The van der Waals surface area contributed by atoms with E-state index in [2.05, 4.69) is 39.5 Å². The Morgan fingerprint density at radius 1 is 1.15 bits per heavy atom. The normalized spacial score (nSPS) is 25.8. The Labute approximate surface area is 178 Å². The van der Waals surface area contributed by atoms with E-state index in [-0.39, 0.29) is 24.0 Å². The van der Waals surface area contributed by atoms with Crippen molar-refractivity contribution in [2.75, 3.05) is 59.2 Å². The molecule has 4 heterocycles. The fourth-order valence-corrected chi connectivity index (χ4v) is 3.86. The molecule has 5 rings (SSSR count). The molecule has 4 aliphatic heterocycles. The molecule has 0 aliphatic carbocycles. The molecule has 1 aromatic carbocycles. The average molecular weight is 487 g/mol. The van der Waals surface area contributed by atoms with E-state index in [1.807, 2.05) is 6.07 Å². The molecule has 3 saturated heterocycles. The van der Waals surface area contributed by atoms with Gasteiger partial charge in [-0.25, -0.2) is 0 Å². The number of nitrogens with one attached hydrogen (secondary N) is 2. The molecular weight excluding hydrogens is 457 g/mol. The summed E-state index contributed by atoms with van der Waals surface area (Å²) in [7, 11) is 0. The molecule has 0 amide bonds. The van der Waals surface area contributed by atoms with Gasteiger partial charge in [-0.1, -0.05) is 6.07 Å². The first-order valence-electron chi connectivity index (χ1n) is 9.69. The highest BCUT2D eigenvalue weighted by Gasteiger charge is 2.31. The van der Waals surface area contributed by atoms with E-state index in [0.717, 1.165) is 50.1 Å². The van der Waals surface area contributed by atoms with Crippen LogP contribution in [0, 0.1) is 0 Å². The van der Waals surface area contributed by atoms with E-state index in [9.17, 15) is 0 Å². The summed E-state index contributed by atoms with van der Waals surface area (Å²) < 4.78 is 10.8. The Balaban J connectivity index is 0.00000210. The van der Waals surface area contributed by atoms with Crippen molar-refractivity contribution in [1.82, 2.24) is 20.4 Å². The molecule has 3 fully saturated rings. The summed E-state index contributed by atoms with van der Waals surface area (Å²) in [6.07, 6.45) is 0.921. The molecule has 1 aromatic rings. The number of halogens is 1. The van der Waals surface area contributed by atoms with Crippen molar-refractivity contribution in [3.63, 3.8) is 0 Å². The smallest absolute Gasteiger partial charge is 0.231 e. The monoisotopic (exact) mass is 487 g/mol. The van der Waals surface area contributed by atoms with Crippen molar-refractivity contribution in [2.24, 2.45) is 4.99 Å². The van der Waals surface area contributed by atoms with E-state index in [1.54, 1.807) is 0 Å². The van der Waals surface area contributed by atoms with E-state index in [4.69, 9.17) is 14.5 Å². The van der Waals surface area contributed by atoms with Crippen molar-refractivity contribution in [3.05, 3.63) is 23.8 Å². The minimum atomic E-state index is 0. The minimum absolute atomic E-state index is 0. The lowest BCUT2D eigenvalue weighted by molar-refractivity contribution is 0.0174. The molecule has 150 valence electrons. The van der Waals surface area contributed by atoms with Crippen LogP contribution in [-0.2, 0) is 6.42 Å². The van der Waals surface area contributed by atoms with Crippen LogP contribution < -0.4 is 20.1 Å². The van der Waals surface area contributed by atoms with Gasteiger partial charge in [-0.3, -0.25) is 14.8 Å². The molecule has 8 heteroatoms. The lowest BCUT2D eigenvalue weighted by atomic mass is 10.1. The molecule has 0 spiro atoms. The zero-order valence-electron chi connectivity index (χ0n) is 15.9. The highest BCUT2D eigenvalue weighted by molar-refractivity contribution is 14.0. The third-order valence-corrected chi connectivity index (χ3v) is 5.34. The highest BCUT2D eigenvalue weighted by Crippen LogP contribution is 2.32. The number of piperazine rings is 3. The second kappa shape index (κ2) is 9.79. The number of aliphatic imine (C=N–C) groups is 1. The second-order valence-electron chi connectivity index (χ2n) is 7.07. The lowest BCUT2D eigenvalue weighted by Gasteiger charge is -2.47. The molecule has 0 saturated carbocycles. The molecule has 1 unspecified atom stereocenters. The van der Waals surface area contributed by atoms with E-state index < -0.39 is 0 Å². The van der Waals surface area contributed by atoms with Crippen molar-refractivity contribution < 1.29 is 9.47 Å². The van der Waals surface area contributed by atoms with Gasteiger partial charge in [0.25, 0.3) is 0 Å². The predicted octanol–water partition coefficient (Wildman–Crippen LogP) is 1.13. The van der Waals surface area contributed by atoms with Gasteiger partial charge >= 0.3 is 0 Å². The lowest BCUT2D eigenvalue weighted by Crippen LogP contribution is -2.62. The number of hydrogen-bond donors (Lipinski definition) is 2. The van der Waals surface area contributed by atoms with Crippen LogP contribution in [-0.4, -0.2) is 81.0 Å². The van der Waals surface area contributed by atoms with Crippen LogP contribution >= 0.6 is 24.0 Å². The van der Waals surface area contributed by atoms with E-state index in [1.165, 1.54) is 31.7 Å². The maximum absolute atomic E-state index is 5.45. The summed E-state index contributed by atoms with van der Waals surface area (Å²) in [5.74, 6) is 2.59. The highest BCUT2D eigenvalue weighted by atomic mass is 127. The van der Waals surface area contributed by atoms with Gasteiger partial charge in [-0.05, 0) is 31.0 Å². The minimum Gasteiger partial charge on any atom is -0.454 e. The molecule has 0 radical (unpaired) electrons. The Morgan fingerprint density at radius 3 is 2.70 bits per heavy atom. The number of benzene rings is 1. The topological polar surface area (TPSA) is 61.4 Å². The van der Waals surface area contributed by atoms with Gasteiger partial charge in [-0.15, -0.1) is 24.0 Å². The molecule has 4 aliphatic rings.